The first-order chi connectivity index (χ1) is 9.37. The fourth-order valence-corrected chi connectivity index (χ4v) is 5.95. The van der Waals surface area contributed by atoms with Gasteiger partial charge in [-0.1, -0.05) is 23.2 Å². The van der Waals surface area contributed by atoms with Gasteiger partial charge in [0.25, 0.3) is 0 Å². The van der Waals surface area contributed by atoms with Crippen molar-refractivity contribution in [3.8, 4) is 0 Å². The van der Waals surface area contributed by atoms with Crippen LogP contribution in [0.2, 0.25) is 8.67 Å². The zero-order chi connectivity index (χ0) is 14.9. The zero-order valence-electron chi connectivity index (χ0n) is 10.6. The quantitative estimate of drug-likeness (QED) is 0.780. The minimum Gasteiger partial charge on any atom is -0.468 e. The van der Waals surface area contributed by atoms with Crippen molar-refractivity contribution in [2.45, 2.75) is 30.2 Å². The van der Waals surface area contributed by atoms with E-state index in [1.807, 2.05) is 0 Å². The summed E-state index contributed by atoms with van der Waals surface area (Å²) in [5.74, 6) is -0.550. The third-order valence-electron chi connectivity index (χ3n) is 3.14. The lowest BCUT2D eigenvalue weighted by Gasteiger charge is -2.32. The van der Waals surface area contributed by atoms with E-state index in [9.17, 15) is 13.2 Å². The highest BCUT2D eigenvalue weighted by Crippen LogP contribution is 2.37. The highest BCUT2D eigenvalue weighted by Gasteiger charge is 2.39. The van der Waals surface area contributed by atoms with Gasteiger partial charge in [0, 0.05) is 6.54 Å². The average Bonchev–Trinajstić information content (AvgIpc) is 2.77. The van der Waals surface area contributed by atoms with Crippen LogP contribution in [-0.2, 0) is 19.6 Å². The summed E-state index contributed by atoms with van der Waals surface area (Å²) in [5.41, 5.74) is 0. The molecule has 0 radical (unpaired) electrons. The summed E-state index contributed by atoms with van der Waals surface area (Å²) in [7, 11) is -2.60. The summed E-state index contributed by atoms with van der Waals surface area (Å²) in [5, 5.41) is 0. The van der Waals surface area contributed by atoms with Crippen LogP contribution in [0, 0.1) is 0 Å². The first-order valence-electron chi connectivity index (χ1n) is 5.92. The van der Waals surface area contributed by atoms with E-state index in [0.717, 1.165) is 22.1 Å². The number of ether oxygens (including phenoxy) is 1. The predicted octanol–water partition coefficient (Wildman–Crippen LogP) is 2.77. The summed E-state index contributed by atoms with van der Waals surface area (Å²) >= 11 is 12.7. The number of piperidine rings is 1. The van der Waals surface area contributed by atoms with Gasteiger partial charge in [-0.05, 0) is 25.3 Å². The molecule has 1 atom stereocenters. The topological polar surface area (TPSA) is 63.7 Å². The Labute approximate surface area is 131 Å². The second-order valence-electron chi connectivity index (χ2n) is 4.34. The molecule has 1 aliphatic heterocycles. The molecule has 9 heteroatoms. The largest absolute Gasteiger partial charge is 0.468 e. The van der Waals surface area contributed by atoms with Gasteiger partial charge in [0.05, 0.1) is 11.4 Å². The van der Waals surface area contributed by atoms with Gasteiger partial charge in [-0.2, -0.15) is 4.31 Å². The Balaban J connectivity index is 2.40. The van der Waals surface area contributed by atoms with Crippen molar-refractivity contribution in [3.63, 3.8) is 0 Å². The lowest BCUT2D eigenvalue weighted by molar-refractivity contribution is -0.146. The van der Waals surface area contributed by atoms with E-state index in [0.29, 0.717) is 17.2 Å². The molecule has 1 fully saturated rings. The molecule has 0 amide bonds. The molecule has 20 heavy (non-hydrogen) atoms. The van der Waals surface area contributed by atoms with Crippen molar-refractivity contribution in [2.24, 2.45) is 0 Å². The van der Waals surface area contributed by atoms with Gasteiger partial charge in [0.2, 0.25) is 10.0 Å². The van der Waals surface area contributed by atoms with Gasteiger partial charge in [0.1, 0.15) is 15.3 Å². The van der Waals surface area contributed by atoms with Gasteiger partial charge in [-0.3, -0.25) is 4.79 Å². The first-order valence-corrected chi connectivity index (χ1v) is 8.93. The number of carbonyl (C=O) groups is 1. The molecule has 5 nitrogen and oxygen atoms in total. The molecule has 0 saturated carbocycles. The highest BCUT2D eigenvalue weighted by molar-refractivity contribution is 7.89. The van der Waals surface area contributed by atoms with Crippen molar-refractivity contribution in [1.29, 1.82) is 0 Å². The zero-order valence-corrected chi connectivity index (χ0v) is 13.8. The third kappa shape index (κ3) is 2.96. The molecule has 2 heterocycles. The van der Waals surface area contributed by atoms with Crippen LogP contribution in [0.1, 0.15) is 19.3 Å². The van der Waals surface area contributed by atoms with E-state index in [1.54, 1.807) is 0 Å². The van der Waals surface area contributed by atoms with Crippen molar-refractivity contribution in [2.75, 3.05) is 13.7 Å². The summed E-state index contributed by atoms with van der Waals surface area (Å²) in [6.45, 7) is 0.270. The van der Waals surface area contributed by atoms with E-state index in [2.05, 4.69) is 4.74 Å². The van der Waals surface area contributed by atoms with Crippen LogP contribution in [0.3, 0.4) is 0 Å². The number of nitrogens with zero attached hydrogens (tertiary/aromatic N) is 1. The lowest BCUT2D eigenvalue weighted by Crippen LogP contribution is -2.48. The normalized spacial score (nSPS) is 20.9. The van der Waals surface area contributed by atoms with Gasteiger partial charge in [0.15, 0.2) is 0 Å². The van der Waals surface area contributed by atoms with E-state index >= 15 is 0 Å². The van der Waals surface area contributed by atoms with E-state index in [-0.39, 0.29) is 15.8 Å². The summed E-state index contributed by atoms with van der Waals surface area (Å²) in [6, 6.07) is 0.515. The van der Waals surface area contributed by atoms with Gasteiger partial charge >= 0.3 is 5.97 Å². The molecule has 1 aromatic rings. The number of carbonyl (C=O) groups excluding carboxylic acids is 1. The Bertz CT molecular complexity index is 614. The monoisotopic (exact) mass is 357 g/mol. The van der Waals surface area contributed by atoms with Crippen LogP contribution in [0.15, 0.2) is 11.0 Å². The summed E-state index contributed by atoms with van der Waals surface area (Å²) < 4.78 is 31.5. The molecule has 0 aliphatic carbocycles. The highest BCUT2D eigenvalue weighted by atomic mass is 35.5. The van der Waals surface area contributed by atoms with Crippen LogP contribution in [-0.4, -0.2) is 38.4 Å². The predicted molar refractivity (Wildman–Crippen MR) is 77.9 cm³/mol. The van der Waals surface area contributed by atoms with Crippen LogP contribution >= 0.6 is 34.5 Å². The van der Waals surface area contributed by atoms with E-state index in [1.165, 1.54) is 13.2 Å². The number of rotatable bonds is 3. The van der Waals surface area contributed by atoms with E-state index < -0.39 is 22.0 Å². The van der Waals surface area contributed by atoms with Gasteiger partial charge in [-0.25, -0.2) is 8.42 Å². The second-order valence-corrected chi connectivity index (χ2v) is 8.48. The number of methoxy groups -OCH3 is 1. The first kappa shape index (κ1) is 16.0. The van der Waals surface area contributed by atoms with Crippen molar-refractivity contribution in [1.82, 2.24) is 4.31 Å². The number of thiophene rings is 1. The lowest BCUT2D eigenvalue weighted by atomic mass is 10.1. The Kier molecular flexibility index (Phi) is 4.96. The van der Waals surface area contributed by atoms with Gasteiger partial charge in [-0.15, -0.1) is 11.3 Å². The number of halogens is 2. The third-order valence-corrected chi connectivity index (χ3v) is 6.80. The smallest absolute Gasteiger partial charge is 0.324 e. The molecule has 1 aliphatic rings. The Morgan fingerprint density at radius 3 is 2.70 bits per heavy atom. The summed E-state index contributed by atoms with van der Waals surface area (Å²) in [6.07, 6.45) is 1.92. The molecular weight excluding hydrogens is 345 g/mol. The molecule has 0 aromatic carbocycles. The molecule has 0 unspecified atom stereocenters. The van der Waals surface area contributed by atoms with E-state index in [4.69, 9.17) is 23.2 Å². The summed E-state index contributed by atoms with van der Waals surface area (Å²) in [4.78, 5) is 11.7. The van der Waals surface area contributed by atoms with Crippen molar-refractivity contribution < 1.29 is 17.9 Å². The Hall–Kier alpha value is -0.340. The molecule has 0 bridgehead atoms. The minimum atomic E-state index is -3.85. The van der Waals surface area contributed by atoms with Gasteiger partial charge < -0.3 is 4.74 Å². The molecule has 0 N–H and O–H groups in total. The molecule has 0 spiro atoms. The van der Waals surface area contributed by atoms with Crippen molar-refractivity contribution in [3.05, 3.63) is 14.7 Å². The fourth-order valence-electron chi connectivity index (χ4n) is 2.19. The maximum atomic E-state index is 12.6. The van der Waals surface area contributed by atoms with Crippen LogP contribution in [0.5, 0.6) is 0 Å². The number of hydrogen-bond acceptors (Lipinski definition) is 5. The van der Waals surface area contributed by atoms with Crippen LogP contribution < -0.4 is 0 Å². The molecule has 112 valence electrons. The SMILES string of the molecule is COC(=O)[C@H]1CCCCN1S(=O)(=O)c1cc(Cl)sc1Cl. The Morgan fingerprint density at radius 1 is 1.45 bits per heavy atom. The fraction of sp³-hybridized carbons (Fsp3) is 0.545. The second kappa shape index (κ2) is 6.19. The molecule has 1 saturated heterocycles. The average molecular weight is 358 g/mol. The molecule has 1 aromatic heterocycles. The standard InChI is InChI=1S/C11H13Cl2NO4S2/c1-18-11(15)7-4-2-3-5-14(7)20(16,17)8-6-9(12)19-10(8)13/h6-7H,2-5H2,1H3/t7-/m1/s1. The maximum absolute atomic E-state index is 12.6. The minimum absolute atomic E-state index is 0.0510. The maximum Gasteiger partial charge on any atom is 0.324 e. The van der Waals surface area contributed by atoms with Crippen LogP contribution in [0.25, 0.3) is 0 Å². The van der Waals surface area contributed by atoms with Crippen LogP contribution in [0.4, 0.5) is 0 Å². The number of sulfonamides is 1. The molecule has 2 rings (SSSR count). The number of esters is 1. The van der Waals surface area contributed by atoms with Crippen molar-refractivity contribution >= 4 is 50.5 Å². The number of hydrogen-bond donors (Lipinski definition) is 0. The Morgan fingerprint density at radius 2 is 2.15 bits per heavy atom. The molecular formula is C11H13Cl2NO4S2.